The summed E-state index contributed by atoms with van der Waals surface area (Å²) in [7, 11) is 0. The van der Waals surface area contributed by atoms with Gasteiger partial charge in [0.1, 0.15) is 48.8 Å². The number of aliphatic hydroxyl groups excluding tert-OH is 8. The lowest BCUT2D eigenvalue weighted by Crippen LogP contribution is -2.64. The van der Waals surface area contributed by atoms with Gasteiger partial charge < -0.3 is 55.1 Å². The van der Waals surface area contributed by atoms with Crippen LogP contribution >= 0.6 is 0 Å². The Kier molecular flexibility index (Phi) is 6.27. The molecule has 2 aliphatic rings. The molecule has 1 unspecified atom stereocenters. The van der Waals surface area contributed by atoms with Crippen LogP contribution in [0.5, 0.6) is 0 Å². The quantitative estimate of drug-likeness (QED) is 0.243. The highest BCUT2D eigenvalue weighted by Crippen LogP contribution is 2.28. The molecule has 0 spiro atoms. The fourth-order valence-corrected chi connectivity index (χ4v) is 2.56. The van der Waals surface area contributed by atoms with Crippen molar-refractivity contribution >= 4 is 0 Å². The number of hydrogen-bond donors (Lipinski definition) is 8. The van der Waals surface area contributed by atoms with E-state index < -0.39 is 74.6 Å². The van der Waals surface area contributed by atoms with Crippen LogP contribution in [0.1, 0.15) is 0 Å². The van der Waals surface area contributed by atoms with E-state index in [1.54, 1.807) is 0 Å². The van der Waals surface area contributed by atoms with Gasteiger partial charge in [-0.1, -0.05) is 0 Å². The molecule has 0 aromatic heterocycles. The molecular weight excluding hydrogens is 320 g/mol. The van der Waals surface area contributed by atoms with Crippen molar-refractivity contribution in [3.05, 3.63) is 0 Å². The predicted molar refractivity (Wildman–Crippen MR) is 68.6 cm³/mol. The number of hydrogen-bond acceptors (Lipinski definition) is 11. The highest BCUT2D eigenvalue weighted by Gasteiger charge is 2.50. The summed E-state index contributed by atoms with van der Waals surface area (Å²) in [5.74, 6) is 0. The molecule has 136 valence electrons. The third kappa shape index (κ3) is 3.65. The van der Waals surface area contributed by atoms with E-state index in [9.17, 15) is 30.6 Å². The van der Waals surface area contributed by atoms with Gasteiger partial charge in [-0.15, -0.1) is 0 Å². The second kappa shape index (κ2) is 7.63. The molecule has 0 aliphatic carbocycles. The van der Waals surface area contributed by atoms with Crippen LogP contribution in [-0.2, 0) is 14.2 Å². The monoisotopic (exact) mass is 342 g/mol. The number of ether oxygens (including phenoxy) is 3. The van der Waals surface area contributed by atoms with Crippen LogP contribution < -0.4 is 0 Å². The molecule has 2 aliphatic heterocycles. The zero-order valence-corrected chi connectivity index (χ0v) is 12.0. The molecule has 11 nitrogen and oxygen atoms in total. The summed E-state index contributed by atoms with van der Waals surface area (Å²) >= 11 is 0. The van der Waals surface area contributed by atoms with E-state index in [2.05, 4.69) is 0 Å². The Morgan fingerprint density at radius 2 is 1.22 bits per heavy atom. The second-order valence-corrected chi connectivity index (χ2v) is 5.53. The average Bonchev–Trinajstić information content (AvgIpc) is 2.54. The van der Waals surface area contributed by atoms with Gasteiger partial charge in [-0.05, 0) is 0 Å². The van der Waals surface area contributed by atoms with E-state index in [1.165, 1.54) is 0 Å². The molecule has 0 aromatic rings. The first-order valence-electron chi connectivity index (χ1n) is 7.08. The molecule has 2 saturated heterocycles. The van der Waals surface area contributed by atoms with Crippen LogP contribution in [0.4, 0.5) is 0 Å². The van der Waals surface area contributed by atoms with Crippen molar-refractivity contribution in [1.29, 1.82) is 0 Å². The standard InChI is InChI=1S/C12H22O11/c13-1-3-5(15)7(17)8(18)12(22-3)23-10-6(16)4(2-14)21-11(20)9(10)19/h3-20H,1-2H2/t3-,4-,5-,6-,7+,8-,9-,10+,11?,12+/m1/s1. The Morgan fingerprint density at radius 1 is 0.652 bits per heavy atom. The van der Waals surface area contributed by atoms with Gasteiger partial charge in [0.2, 0.25) is 0 Å². The molecule has 0 amide bonds. The average molecular weight is 342 g/mol. The minimum atomic E-state index is -1.76. The molecule has 2 rings (SSSR count). The SMILES string of the molecule is OC[C@H]1O[C@@H](O[C@H]2[C@H](O)[C@@H](CO)OC(O)[C@@H]2O)[C@H](O)[C@@H](O)[C@@H]1O. The van der Waals surface area contributed by atoms with Crippen LogP contribution in [0.3, 0.4) is 0 Å². The van der Waals surface area contributed by atoms with Crippen LogP contribution in [0.25, 0.3) is 0 Å². The van der Waals surface area contributed by atoms with Gasteiger partial charge in [-0.2, -0.15) is 0 Å². The van der Waals surface area contributed by atoms with Crippen LogP contribution in [-0.4, -0.2) is 115 Å². The Morgan fingerprint density at radius 3 is 1.78 bits per heavy atom. The van der Waals surface area contributed by atoms with Gasteiger partial charge in [0.05, 0.1) is 13.2 Å². The smallest absolute Gasteiger partial charge is 0.187 e. The van der Waals surface area contributed by atoms with Gasteiger partial charge in [0.25, 0.3) is 0 Å². The lowest BCUT2D eigenvalue weighted by molar-refractivity contribution is -0.355. The van der Waals surface area contributed by atoms with Gasteiger partial charge in [-0.3, -0.25) is 0 Å². The van der Waals surface area contributed by atoms with Gasteiger partial charge >= 0.3 is 0 Å². The summed E-state index contributed by atoms with van der Waals surface area (Å²) < 4.78 is 15.1. The lowest BCUT2D eigenvalue weighted by atomic mass is 9.97. The molecule has 2 heterocycles. The summed E-state index contributed by atoms with van der Waals surface area (Å²) in [6.07, 6.45) is -15.7. The fraction of sp³-hybridized carbons (Fsp3) is 1.00. The van der Waals surface area contributed by atoms with E-state index in [0.29, 0.717) is 0 Å². The van der Waals surface area contributed by atoms with E-state index in [0.717, 1.165) is 0 Å². The molecular formula is C12H22O11. The summed E-state index contributed by atoms with van der Waals surface area (Å²) in [4.78, 5) is 0. The minimum absolute atomic E-state index is 0.667. The third-order valence-corrected chi connectivity index (χ3v) is 3.98. The van der Waals surface area contributed by atoms with Crippen molar-refractivity contribution in [1.82, 2.24) is 0 Å². The molecule has 2 fully saturated rings. The zero-order chi connectivity index (χ0) is 17.3. The molecule has 0 aromatic carbocycles. The first-order chi connectivity index (χ1) is 10.8. The van der Waals surface area contributed by atoms with Crippen molar-refractivity contribution in [3.8, 4) is 0 Å². The van der Waals surface area contributed by atoms with Crippen molar-refractivity contribution in [2.45, 2.75) is 61.4 Å². The van der Waals surface area contributed by atoms with Crippen LogP contribution in [0, 0.1) is 0 Å². The molecule has 8 N–H and O–H groups in total. The third-order valence-electron chi connectivity index (χ3n) is 3.98. The number of aliphatic hydroxyl groups is 8. The van der Waals surface area contributed by atoms with Crippen LogP contribution in [0.15, 0.2) is 0 Å². The van der Waals surface area contributed by atoms with E-state index in [4.69, 9.17) is 24.4 Å². The maximum Gasteiger partial charge on any atom is 0.187 e. The molecule has 10 atom stereocenters. The molecule has 0 saturated carbocycles. The maximum atomic E-state index is 10.00. The highest BCUT2D eigenvalue weighted by molar-refractivity contribution is 4.93. The Labute approximate surface area is 130 Å². The zero-order valence-electron chi connectivity index (χ0n) is 12.0. The van der Waals surface area contributed by atoms with Gasteiger partial charge in [0.15, 0.2) is 12.6 Å². The van der Waals surface area contributed by atoms with E-state index in [1.807, 2.05) is 0 Å². The predicted octanol–water partition coefficient (Wildman–Crippen LogP) is -5.40. The highest BCUT2D eigenvalue weighted by atomic mass is 16.7. The minimum Gasteiger partial charge on any atom is -0.394 e. The molecule has 0 bridgehead atoms. The summed E-state index contributed by atoms with van der Waals surface area (Å²) in [5, 5.41) is 76.8. The second-order valence-electron chi connectivity index (χ2n) is 5.53. The Balaban J connectivity index is 2.11. The normalized spacial score (nSPS) is 51.7. The van der Waals surface area contributed by atoms with Crippen LogP contribution in [0.2, 0.25) is 0 Å². The first kappa shape index (κ1) is 18.9. The van der Waals surface area contributed by atoms with Crippen molar-refractivity contribution in [2.24, 2.45) is 0 Å². The fourth-order valence-electron chi connectivity index (χ4n) is 2.56. The maximum absolute atomic E-state index is 10.00. The van der Waals surface area contributed by atoms with Gasteiger partial charge in [-0.25, -0.2) is 0 Å². The largest absolute Gasteiger partial charge is 0.394 e. The van der Waals surface area contributed by atoms with E-state index >= 15 is 0 Å². The van der Waals surface area contributed by atoms with Crippen molar-refractivity contribution in [3.63, 3.8) is 0 Å². The summed E-state index contributed by atoms with van der Waals surface area (Å²) in [6.45, 7) is -1.34. The molecule has 0 radical (unpaired) electrons. The summed E-state index contributed by atoms with van der Waals surface area (Å²) in [6, 6.07) is 0. The Hall–Kier alpha value is -0.440. The Bertz CT molecular complexity index is 380. The molecule has 11 heteroatoms. The van der Waals surface area contributed by atoms with Gasteiger partial charge in [0, 0.05) is 0 Å². The topological polar surface area (TPSA) is 190 Å². The molecule has 23 heavy (non-hydrogen) atoms. The van der Waals surface area contributed by atoms with Crippen molar-refractivity contribution < 1.29 is 55.1 Å². The summed E-state index contributed by atoms with van der Waals surface area (Å²) in [5.41, 5.74) is 0. The van der Waals surface area contributed by atoms with E-state index in [-0.39, 0.29) is 0 Å². The van der Waals surface area contributed by atoms with Crippen molar-refractivity contribution in [2.75, 3.05) is 13.2 Å². The first-order valence-corrected chi connectivity index (χ1v) is 7.08. The lowest BCUT2D eigenvalue weighted by Gasteiger charge is -2.45. The number of rotatable bonds is 4.